The molecule has 0 atom stereocenters. The predicted molar refractivity (Wildman–Crippen MR) is 78.4 cm³/mol. The quantitative estimate of drug-likeness (QED) is 0.647. The Morgan fingerprint density at radius 2 is 2.10 bits per heavy atom. The van der Waals surface area contributed by atoms with E-state index in [1.165, 1.54) is 18.5 Å². The monoisotopic (exact) mass is 289 g/mol. The van der Waals surface area contributed by atoms with Gasteiger partial charge in [0.15, 0.2) is 0 Å². The minimum atomic E-state index is -0.920. The number of pyridine rings is 1. The Bertz CT molecular complexity index is 712. The van der Waals surface area contributed by atoms with E-state index in [0.717, 1.165) is 0 Å². The van der Waals surface area contributed by atoms with Crippen LogP contribution < -0.4 is 5.32 Å². The van der Waals surface area contributed by atoms with E-state index < -0.39 is 16.4 Å². The molecule has 0 spiro atoms. The van der Waals surface area contributed by atoms with Crippen LogP contribution in [0.1, 0.15) is 20.3 Å². The normalized spacial score (nSPS) is 11.3. The highest BCUT2D eigenvalue weighted by Gasteiger charge is 2.23. The maximum atomic E-state index is 11.0. The Morgan fingerprint density at radius 1 is 1.38 bits per heavy atom. The van der Waals surface area contributed by atoms with Crippen LogP contribution in [0.4, 0.5) is 11.4 Å². The van der Waals surface area contributed by atoms with Crippen LogP contribution in [0.15, 0.2) is 30.6 Å². The predicted octanol–water partition coefficient (Wildman–Crippen LogP) is 2.81. The lowest BCUT2D eigenvalue weighted by molar-refractivity contribution is -0.383. The molecule has 0 radical (unpaired) electrons. The molecule has 0 aliphatic rings. The number of aromatic nitrogens is 1. The van der Waals surface area contributed by atoms with Crippen molar-refractivity contribution in [1.82, 2.24) is 4.98 Å². The highest BCUT2D eigenvalue weighted by atomic mass is 16.6. The summed E-state index contributed by atoms with van der Waals surface area (Å²) in [5.41, 5.74) is -0.0750. The van der Waals surface area contributed by atoms with Crippen LogP contribution in [0.5, 0.6) is 0 Å². The van der Waals surface area contributed by atoms with Gasteiger partial charge in [-0.3, -0.25) is 19.9 Å². The first-order valence-corrected chi connectivity index (χ1v) is 6.31. The maximum Gasteiger partial charge on any atom is 0.305 e. The topological polar surface area (TPSA) is 105 Å². The van der Waals surface area contributed by atoms with Crippen molar-refractivity contribution in [2.75, 3.05) is 5.32 Å². The summed E-state index contributed by atoms with van der Waals surface area (Å²) in [6.45, 7) is 3.51. The van der Waals surface area contributed by atoms with E-state index in [2.05, 4.69) is 10.3 Å². The maximum absolute atomic E-state index is 11.0. The number of benzene rings is 1. The van der Waals surface area contributed by atoms with Gasteiger partial charge in [0, 0.05) is 35.1 Å². The van der Waals surface area contributed by atoms with Crippen LogP contribution in [-0.4, -0.2) is 26.5 Å². The number of fused-ring (bicyclic) bond motifs is 1. The van der Waals surface area contributed by atoms with Crippen molar-refractivity contribution < 1.29 is 14.8 Å². The van der Waals surface area contributed by atoms with Gasteiger partial charge < -0.3 is 10.4 Å². The number of aliphatic carboxylic acids is 1. The Morgan fingerprint density at radius 3 is 2.71 bits per heavy atom. The molecule has 1 heterocycles. The molecule has 110 valence electrons. The average molecular weight is 289 g/mol. The highest BCUT2D eigenvalue weighted by molar-refractivity contribution is 5.99. The van der Waals surface area contributed by atoms with E-state index in [-0.39, 0.29) is 12.1 Å². The number of carboxylic acids is 1. The second-order valence-corrected chi connectivity index (χ2v) is 5.39. The number of carbonyl (C=O) groups is 1. The number of non-ortho nitro benzene ring substituents is 1. The zero-order chi connectivity index (χ0) is 15.6. The van der Waals surface area contributed by atoms with Gasteiger partial charge >= 0.3 is 5.97 Å². The van der Waals surface area contributed by atoms with Gasteiger partial charge in [0.05, 0.1) is 16.7 Å². The van der Waals surface area contributed by atoms with Gasteiger partial charge in [0.2, 0.25) is 0 Å². The van der Waals surface area contributed by atoms with Gasteiger partial charge in [0.1, 0.15) is 0 Å². The van der Waals surface area contributed by atoms with Gasteiger partial charge in [0.25, 0.3) is 5.69 Å². The van der Waals surface area contributed by atoms with Crippen LogP contribution in [0.25, 0.3) is 10.8 Å². The lowest BCUT2D eigenvalue weighted by Gasteiger charge is -2.26. The van der Waals surface area contributed by atoms with Crippen molar-refractivity contribution in [2.45, 2.75) is 25.8 Å². The highest BCUT2D eigenvalue weighted by Crippen LogP contribution is 2.32. The molecular formula is C14H15N3O4. The standard InChI is InChI=1S/C14H15N3O4/c1-14(2,7-13(18)19)16-11-3-4-12(17(20)21)9-5-6-15-8-10(9)11/h3-6,8,16H,7H2,1-2H3,(H,18,19). The summed E-state index contributed by atoms with van der Waals surface area (Å²) in [5, 5.41) is 24.1. The molecule has 1 aromatic carbocycles. The second-order valence-electron chi connectivity index (χ2n) is 5.39. The summed E-state index contributed by atoms with van der Waals surface area (Å²) in [6.07, 6.45) is 2.94. The minimum absolute atomic E-state index is 0.00556. The van der Waals surface area contributed by atoms with E-state index in [9.17, 15) is 14.9 Å². The first-order chi connectivity index (χ1) is 9.80. The molecule has 0 aliphatic carbocycles. The van der Waals surface area contributed by atoms with Gasteiger partial charge in [-0.25, -0.2) is 0 Å². The number of nitro groups is 1. The summed E-state index contributed by atoms with van der Waals surface area (Å²) in [4.78, 5) is 25.5. The molecule has 2 N–H and O–H groups in total. The van der Waals surface area contributed by atoms with Gasteiger partial charge in [-0.1, -0.05) is 0 Å². The third kappa shape index (κ3) is 3.25. The van der Waals surface area contributed by atoms with Crippen molar-refractivity contribution in [3.8, 4) is 0 Å². The fourth-order valence-electron chi connectivity index (χ4n) is 2.23. The molecule has 0 saturated heterocycles. The molecule has 7 heteroatoms. The van der Waals surface area contributed by atoms with Crippen molar-refractivity contribution in [2.24, 2.45) is 0 Å². The van der Waals surface area contributed by atoms with Crippen molar-refractivity contribution >= 4 is 28.1 Å². The largest absolute Gasteiger partial charge is 0.481 e. The molecule has 0 bridgehead atoms. The number of anilines is 1. The Balaban J connectivity index is 2.49. The first kappa shape index (κ1) is 14.7. The van der Waals surface area contributed by atoms with Crippen LogP contribution >= 0.6 is 0 Å². The number of hydrogen-bond donors (Lipinski definition) is 2. The number of nitrogens with zero attached hydrogens (tertiary/aromatic N) is 2. The van der Waals surface area contributed by atoms with Crippen molar-refractivity contribution in [3.05, 3.63) is 40.7 Å². The van der Waals surface area contributed by atoms with Crippen molar-refractivity contribution in [1.29, 1.82) is 0 Å². The number of hydrogen-bond acceptors (Lipinski definition) is 5. The smallest absolute Gasteiger partial charge is 0.305 e. The SMILES string of the molecule is CC(C)(CC(=O)O)Nc1ccc([N+](=O)[O-])c2ccncc12. The summed E-state index contributed by atoms with van der Waals surface area (Å²) in [5.74, 6) is -0.920. The van der Waals surface area contributed by atoms with E-state index >= 15 is 0 Å². The molecule has 0 amide bonds. The second kappa shape index (κ2) is 5.35. The molecule has 21 heavy (non-hydrogen) atoms. The molecule has 1 aromatic heterocycles. The van der Waals surface area contributed by atoms with Crippen LogP contribution in [-0.2, 0) is 4.79 Å². The Labute approximate surface area is 120 Å². The first-order valence-electron chi connectivity index (χ1n) is 6.31. The summed E-state index contributed by atoms with van der Waals surface area (Å²) in [6, 6.07) is 4.55. The van der Waals surface area contributed by atoms with Crippen LogP contribution in [0, 0.1) is 10.1 Å². The van der Waals surface area contributed by atoms with Crippen LogP contribution in [0.3, 0.4) is 0 Å². The Hall–Kier alpha value is -2.70. The van der Waals surface area contributed by atoms with Gasteiger partial charge in [-0.05, 0) is 26.0 Å². The number of rotatable bonds is 5. The third-order valence-corrected chi connectivity index (χ3v) is 3.06. The van der Waals surface area contributed by atoms with Gasteiger partial charge in [-0.2, -0.15) is 0 Å². The lowest BCUT2D eigenvalue weighted by Crippen LogP contribution is -2.33. The van der Waals surface area contributed by atoms with E-state index in [0.29, 0.717) is 16.5 Å². The molecular weight excluding hydrogens is 274 g/mol. The summed E-state index contributed by atoms with van der Waals surface area (Å²) >= 11 is 0. The minimum Gasteiger partial charge on any atom is -0.481 e. The fraction of sp³-hybridized carbons (Fsp3) is 0.286. The molecule has 7 nitrogen and oxygen atoms in total. The van der Waals surface area contributed by atoms with Gasteiger partial charge in [-0.15, -0.1) is 0 Å². The zero-order valence-corrected chi connectivity index (χ0v) is 11.7. The Kier molecular flexibility index (Phi) is 3.75. The molecule has 2 rings (SSSR count). The van der Waals surface area contributed by atoms with E-state index in [4.69, 9.17) is 5.11 Å². The zero-order valence-electron chi connectivity index (χ0n) is 11.7. The summed E-state index contributed by atoms with van der Waals surface area (Å²) < 4.78 is 0. The van der Waals surface area contributed by atoms with E-state index in [1.54, 1.807) is 26.0 Å². The summed E-state index contributed by atoms with van der Waals surface area (Å²) in [7, 11) is 0. The number of nitro benzene ring substituents is 1. The number of nitrogens with one attached hydrogen (secondary N) is 1. The van der Waals surface area contributed by atoms with Crippen molar-refractivity contribution in [3.63, 3.8) is 0 Å². The molecule has 0 unspecified atom stereocenters. The average Bonchev–Trinajstić information content (AvgIpc) is 2.36. The molecule has 0 saturated carbocycles. The molecule has 0 aliphatic heterocycles. The number of carboxylic acid groups (broad SMARTS) is 1. The van der Waals surface area contributed by atoms with E-state index in [1.807, 2.05) is 0 Å². The fourth-order valence-corrected chi connectivity index (χ4v) is 2.23. The third-order valence-electron chi connectivity index (χ3n) is 3.06. The lowest BCUT2D eigenvalue weighted by atomic mass is 9.99. The van der Waals surface area contributed by atoms with Crippen LogP contribution in [0.2, 0.25) is 0 Å². The molecule has 0 fully saturated rings. The molecule has 2 aromatic rings.